The number of amides is 1. The number of nitrogens with one attached hydrogen (secondary N) is 1. The summed E-state index contributed by atoms with van der Waals surface area (Å²) < 4.78 is 9.79. The van der Waals surface area contributed by atoms with Crippen molar-refractivity contribution in [1.82, 2.24) is 10.5 Å². The standard InChI is InChI=1S/C15H16N2O4/c1-10-8-13(21-17-10)15(19)20-11(2)14(18)16-9-12-6-4-3-5-7-12/h3-8,11H,9H2,1-2H3,(H,16,18). The Morgan fingerprint density at radius 1 is 1.33 bits per heavy atom. The molecule has 1 heterocycles. The van der Waals surface area contributed by atoms with Gasteiger partial charge in [-0.15, -0.1) is 0 Å². The topological polar surface area (TPSA) is 81.4 Å². The molecule has 1 N–H and O–H groups in total. The molecule has 1 amide bonds. The van der Waals surface area contributed by atoms with Crippen molar-refractivity contribution in [2.24, 2.45) is 0 Å². The van der Waals surface area contributed by atoms with E-state index in [0.717, 1.165) is 5.56 Å². The molecule has 1 aromatic carbocycles. The van der Waals surface area contributed by atoms with Gasteiger partial charge in [0.25, 0.3) is 5.91 Å². The highest BCUT2D eigenvalue weighted by Gasteiger charge is 2.21. The van der Waals surface area contributed by atoms with E-state index in [1.807, 2.05) is 30.3 Å². The van der Waals surface area contributed by atoms with Gasteiger partial charge in [-0.05, 0) is 19.4 Å². The van der Waals surface area contributed by atoms with Crippen LogP contribution >= 0.6 is 0 Å². The molecule has 0 saturated heterocycles. The van der Waals surface area contributed by atoms with Crippen LogP contribution in [0.5, 0.6) is 0 Å². The molecule has 110 valence electrons. The number of rotatable bonds is 5. The van der Waals surface area contributed by atoms with Crippen LogP contribution in [0.25, 0.3) is 0 Å². The summed E-state index contributed by atoms with van der Waals surface area (Å²) in [7, 11) is 0. The normalized spacial score (nSPS) is 11.7. The second-order valence-corrected chi connectivity index (χ2v) is 4.58. The van der Waals surface area contributed by atoms with Gasteiger partial charge in [-0.2, -0.15) is 0 Å². The largest absolute Gasteiger partial charge is 0.447 e. The number of benzene rings is 1. The lowest BCUT2D eigenvalue weighted by atomic mass is 10.2. The van der Waals surface area contributed by atoms with Gasteiger partial charge in [0, 0.05) is 12.6 Å². The number of hydrogen-bond donors (Lipinski definition) is 1. The second kappa shape index (κ2) is 6.69. The minimum absolute atomic E-state index is 0.0183. The van der Waals surface area contributed by atoms with Crippen LogP contribution in [-0.2, 0) is 16.1 Å². The first-order valence-electron chi connectivity index (χ1n) is 6.52. The smallest absolute Gasteiger partial charge is 0.377 e. The Balaban J connectivity index is 1.83. The van der Waals surface area contributed by atoms with Gasteiger partial charge in [0.05, 0.1) is 5.69 Å². The molecule has 0 aliphatic rings. The zero-order valence-electron chi connectivity index (χ0n) is 11.8. The van der Waals surface area contributed by atoms with Gasteiger partial charge in [0.2, 0.25) is 5.76 Å². The van der Waals surface area contributed by atoms with Crippen LogP contribution in [0.15, 0.2) is 40.9 Å². The molecule has 0 spiro atoms. The summed E-state index contributed by atoms with van der Waals surface area (Å²) in [5, 5.41) is 6.29. The lowest BCUT2D eigenvalue weighted by molar-refractivity contribution is -0.129. The minimum Gasteiger partial charge on any atom is -0.447 e. The van der Waals surface area contributed by atoms with Gasteiger partial charge in [-0.1, -0.05) is 35.5 Å². The monoisotopic (exact) mass is 288 g/mol. The van der Waals surface area contributed by atoms with Crippen molar-refractivity contribution in [2.45, 2.75) is 26.5 Å². The first-order valence-corrected chi connectivity index (χ1v) is 6.52. The third kappa shape index (κ3) is 4.17. The van der Waals surface area contributed by atoms with Crippen LogP contribution in [0, 0.1) is 6.92 Å². The van der Waals surface area contributed by atoms with Gasteiger partial charge in [0.15, 0.2) is 6.10 Å². The number of aromatic nitrogens is 1. The number of esters is 1. The molecule has 6 nitrogen and oxygen atoms in total. The Labute approximate surface area is 122 Å². The van der Waals surface area contributed by atoms with Crippen molar-refractivity contribution < 1.29 is 18.8 Å². The van der Waals surface area contributed by atoms with E-state index in [1.54, 1.807) is 6.92 Å². The summed E-state index contributed by atoms with van der Waals surface area (Å²) in [5.74, 6) is -1.10. The Morgan fingerprint density at radius 2 is 2.05 bits per heavy atom. The van der Waals surface area contributed by atoms with Crippen molar-refractivity contribution in [3.8, 4) is 0 Å². The van der Waals surface area contributed by atoms with Gasteiger partial charge in [0.1, 0.15) is 0 Å². The van der Waals surface area contributed by atoms with Gasteiger partial charge < -0.3 is 14.6 Å². The second-order valence-electron chi connectivity index (χ2n) is 4.58. The maximum Gasteiger partial charge on any atom is 0.377 e. The van der Waals surface area contributed by atoms with Crippen molar-refractivity contribution in [3.63, 3.8) is 0 Å². The van der Waals surface area contributed by atoms with Crippen LogP contribution in [0.2, 0.25) is 0 Å². The molecule has 0 aliphatic heterocycles. The van der Waals surface area contributed by atoms with E-state index < -0.39 is 12.1 Å². The quantitative estimate of drug-likeness (QED) is 0.849. The first kappa shape index (κ1) is 14.8. The molecule has 0 radical (unpaired) electrons. The van der Waals surface area contributed by atoms with Crippen LogP contribution in [0.4, 0.5) is 0 Å². The van der Waals surface area contributed by atoms with E-state index in [-0.39, 0.29) is 11.7 Å². The summed E-state index contributed by atoms with van der Waals surface area (Å²) >= 11 is 0. The highest BCUT2D eigenvalue weighted by Crippen LogP contribution is 2.06. The van der Waals surface area contributed by atoms with Crippen molar-refractivity contribution >= 4 is 11.9 Å². The summed E-state index contributed by atoms with van der Waals surface area (Å²) in [6.07, 6.45) is -0.911. The summed E-state index contributed by atoms with van der Waals surface area (Å²) in [6.45, 7) is 3.57. The SMILES string of the molecule is Cc1cc(C(=O)OC(C)C(=O)NCc2ccccc2)on1. The predicted molar refractivity (Wildman–Crippen MR) is 74.4 cm³/mol. The Hall–Kier alpha value is -2.63. The van der Waals surface area contributed by atoms with Crippen LogP contribution in [0.1, 0.15) is 28.7 Å². The number of nitrogens with zero attached hydrogens (tertiary/aromatic N) is 1. The molecule has 0 saturated carbocycles. The molecular weight excluding hydrogens is 272 g/mol. The first-order chi connectivity index (χ1) is 10.1. The van der Waals surface area contributed by atoms with Crippen molar-refractivity contribution in [3.05, 3.63) is 53.4 Å². The van der Waals surface area contributed by atoms with Crippen LogP contribution in [-0.4, -0.2) is 23.1 Å². The summed E-state index contributed by atoms with van der Waals surface area (Å²) in [6, 6.07) is 10.9. The van der Waals surface area contributed by atoms with Crippen molar-refractivity contribution in [1.29, 1.82) is 0 Å². The van der Waals surface area contributed by atoms with Gasteiger partial charge >= 0.3 is 5.97 Å². The molecule has 0 bridgehead atoms. The molecule has 1 aromatic heterocycles. The molecule has 2 aromatic rings. The zero-order valence-corrected chi connectivity index (χ0v) is 11.8. The molecule has 2 rings (SSSR count). The number of aryl methyl sites for hydroxylation is 1. The highest BCUT2D eigenvalue weighted by molar-refractivity contribution is 5.89. The van der Waals surface area contributed by atoms with Crippen LogP contribution in [0.3, 0.4) is 0 Å². The van der Waals surface area contributed by atoms with Crippen molar-refractivity contribution in [2.75, 3.05) is 0 Å². The van der Waals surface area contributed by atoms with Gasteiger partial charge in [-0.25, -0.2) is 4.79 Å². The molecule has 0 aliphatic carbocycles. The molecule has 1 atom stereocenters. The molecular formula is C15H16N2O4. The fourth-order valence-corrected chi connectivity index (χ4v) is 1.66. The van der Waals surface area contributed by atoms with E-state index >= 15 is 0 Å². The van der Waals surface area contributed by atoms with E-state index in [2.05, 4.69) is 10.5 Å². The van der Waals surface area contributed by atoms with E-state index in [4.69, 9.17) is 9.26 Å². The van der Waals surface area contributed by atoms with E-state index in [9.17, 15) is 9.59 Å². The maximum absolute atomic E-state index is 11.9. The maximum atomic E-state index is 11.9. The fraction of sp³-hybridized carbons (Fsp3) is 0.267. The Kier molecular flexibility index (Phi) is 4.71. The number of carbonyl (C=O) groups is 2. The predicted octanol–water partition coefficient (Wildman–Crippen LogP) is 1.84. The van der Waals surface area contributed by atoms with E-state index in [1.165, 1.54) is 13.0 Å². The number of hydrogen-bond acceptors (Lipinski definition) is 5. The summed E-state index contributed by atoms with van der Waals surface area (Å²) in [5.41, 5.74) is 1.54. The average Bonchev–Trinajstić information content (AvgIpc) is 2.92. The third-order valence-electron chi connectivity index (χ3n) is 2.79. The van der Waals surface area contributed by atoms with Gasteiger partial charge in [-0.3, -0.25) is 4.79 Å². The van der Waals surface area contributed by atoms with E-state index in [0.29, 0.717) is 12.2 Å². The third-order valence-corrected chi connectivity index (χ3v) is 2.79. The fourth-order valence-electron chi connectivity index (χ4n) is 1.66. The minimum atomic E-state index is -0.911. The lowest BCUT2D eigenvalue weighted by Gasteiger charge is -2.12. The van der Waals surface area contributed by atoms with Crippen LogP contribution < -0.4 is 5.32 Å². The molecule has 6 heteroatoms. The number of carbonyl (C=O) groups excluding carboxylic acids is 2. The highest BCUT2D eigenvalue weighted by atomic mass is 16.6. The lowest BCUT2D eigenvalue weighted by Crippen LogP contribution is -2.35. The summed E-state index contributed by atoms with van der Waals surface area (Å²) in [4.78, 5) is 23.6. The Bertz CT molecular complexity index is 622. The molecule has 0 fully saturated rings. The zero-order chi connectivity index (χ0) is 15.2. The average molecular weight is 288 g/mol. The molecule has 21 heavy (non-hydrogen) atoms. The Morgan fingerprint density at radius 3 is 2.67 bits per heavy atom. The number of ether oxygens (including phenoxy) is 1. The molecule has 1 unspecified atom stereocenters.